The van der Waals surface area contributed by atoms with Crippen LogP contribution in [-0.2, 0) is 9.47 Å². The molecular weight excluding hydrogens is 498 g/mol. The fourth-order valence-electron chi connectivity index (χ4n) is 5.39. The first-order valence-corrected chi connectivity index (χ1v) is 13.5. The Labute approximate surface area is 227 Å². The minimum Gasteiger partial charge on any atom is -0.378 e. The maximum absolute atomic E-state index is 11.1. The number of aromatic nitrogens is 2. The minimum atomic E-state index is -0.361. The first-order valence-electron chi connectivity index (χ1n) is 13.5. The lowest BCUT2D eigenvalue weighted by Crippen LogP contribution is -2.47. The summed E-state index contributed by atoms with van der Waals surface area (Å²) >= 11 is 0. The van der Waals surface area contributed by atoms with Gasteiger partial charge in [-0.3, -0.25) is 10.1 Å². The van der Waals surface area contributed by atoms with Gasteiger partial charge in [0.25, 0.3) is 5.69 Å². The Kier molecular flexibility index (Phi) is 7.42. The molecule has 11 heteroatoms. The van der Waals surface area contributed by atoms with Crippen LogP contribution in [0.3, 0.4) is 0 Å². The van der Waals surface area contributed by atoms with Crippen molar-refractivity contribution in [1.82, 2.24) is 9.97 Å². The van der Waals surface area contributed by atoms with Crippen LogP contribution in [0.4, 0.5) is 29.0 Å². The van der Waals surface area contributed by atoms with Gasteiger partial charge >= 0.3 is 0 Å². The molecule has 0 unspecified atom stereocenters. The molecule has 3 aliphatic heterocycles. The molecule has 1 aromatic heterocycles. The number of nitrogens with zero attached hydrogens (tertiary/aromatic N) is 7. The van der Waals surface area contributed by atoms with Crippen molar-refractivity contribution in [2.45, 2.75) is 0 Å². The highest BCUT2D eigenvalue weighted by molar-refractivity contribution is 5.87. The number of hydrogen-bond donors (Lipinski definition) is 0. The summed E-state index contributed by atoms with van der Waals surface area (Å²) in [5, 5.41) is 11.1. The van der Waals surface area contributed by atoms with Crippen molar-refractivity contribution in [1.29, 1.82) is 0 Å². The van der Waals surface area contributed by atoms with E-state index in [-0.39, 0.29) is 10.6 Å². The van der Waals surface area contributed by atoms with Crippen LogP contribution < -0.4 is 19.6 Å². The Morgan fingerprint density at radius 1 is 0.641 bits per heavy atom. The molecule has 3 aromatic rings. The van der Waals surface area contributed by atoms with Crippen LogP contribution in [0.5, 0.6) is 0 Å². The number of anilines is 4. The number of nitro groups is 1. The molecule has 0 radical (unpaired) electrons. The van der Waals surface area contributed by atoms with Gasteiger partial charge in [-0.1, -0.05) is 30.3 Å². The number of morpholine rings is 2. The summed E-state index contributed by atoms with van der Waals surface area (Å²) in [7, 11) is 0. The molecule has 0 N–H and O–H groups in total. The lowest BCUT2D eigenvalue weighted by atomic mass is 10.0. The van der Waals surface area contributed by atoms with Crippen LogP contribution >= 0.6 is 0 Å². The number of ether oxygens (including phenoxy) is 2. The Bertz CT molecular complexity index is 1270. The monoisotopic (exact) mass is 531 g/mol. The highest BCUT2D eigenvalue weighted by Crippen LogP contribution is 2.39. The van der Waals surface area contributed by atoms with E-state index in [0.717, 1.165) is 86.8 Å². The Balaban J connectivity index is 1.36. The third-order valence-corrected chi connectivity index (χ3v) is 7.53. The summed E-state index contributed by atoms with van der Waals surface area (Å²) < 4.78 is 11.3. The summed E-state index contributed by atoms with van der Waals surface area (Å²) in [4.78, 5) is 30.3. The molecule has 0 amide bonds. The Morgan fingerprint density at radius 3 is 1.72 bits per heavy atom. The molecule has 204 valence electrons. The molecule has 11 nitrogen and oxygen atoms in total. The highest BCUT2D eigenvalue weighted by atomic mass is 16.6. The van der Waals surface area contributed by atoms with Gasteiger partial charge in [0.2, 0.25) is 5.95 Å². The average molecular weight is 532 g/mol. The second-order valence-corrected chi connectivity index (χ2v) is 9.86. The van der Waals surface area contributed by atoms with Crippen molar-refractivity contribution in [3.8, 4) is 11.1 Å². The first kappa shape index (κ1) is 25.3. The lowest BCUT2D eigenvalue weighted by Gasteiger charge is -2.39. The van der Waals surface area contributed by atoms with Crippen LogP contribution in [0.1, 0.15) is 0 Å². The van der Waals surface area contributed by atoms with E-state index in [1.165, 1.54) is 0 Å². The van der Waals surface area contributed by atoms with Gasteiger partial charge in [-0.25, -0.2) is 0 Å². The van der Waals surface area contributed by atoms with Gasteiger partial charge in [-0.2, -0.15) is 9.97 Å². The van der Waals surface area contributed by atoms with Crippen molar-refractivity contribution in [3.05, 3.63) is 64.7 Å². The van der Waals surface area contributed by atoms with E-state index < -0.39 is 0 Å². The van der Waals surface area contributed by atoms with Gasteiger partial charge in [-0.05, 0) is 17.7 Å². The number of rotatable bonds is 6. The molecule has 0 bridgehead atoms. The highest BCUT2D eigenvalue weighted by Gasteiger charge is 2.29. The van der Waals surface area contributed by atoms with Gasteiger partial charge in [0.15, 0.2) is 0 Å². The van der Waals surface area contributed by atoms with Crippen LogP contribution in [0.25, 0.3) is 11.1 Å². The second kappa shape index (κ2) is 11.4. The zero-order chi connectivity index (χ0) is 26.6. The van der Waals surface area contributed by atoms with E-state index in [1.54, 1.807) is 12.1 Å². The third-order valence-electron chi connectivity index (χ3n) is 7.53. The normalized spacial score (nSPS) is 18.4. The maximum atomic E-state index is 11.1. The standard InChI is InChI=1S/C28H33N7O4/c36-35(37)24-8-6-23(7-9-24)31-10-12-32(13-11-31)26-25(22-4-2-1-3-5-22)27(33-14-18-38-19-15-33)30-28(29-26)34-16-20-39-21-17-34/h1-9H,10-21H2. The zero-order valence-electron chi connectivity index (χ0n) is 21.9. The van der Waals surface area contributed by atoms with Crippen LogP contribution in [0.15, 0.2) is 54.6 Å². The Morgan fingerprint density at radius 2 is 1.15 bits per heavy atom. The molecule has 3 saturated heterocycles. The fourth-order valence-corrected chi connectivity index (χ4v) is 5.39. The third kappa shape index (κ3) is 5.45. The molecule has 39 heavy (non-hydrogen) atoms. The predicted octanol–water partition coefficient (Wildman–Crippen LogP) is 3.05. The molecule has 6 rings (SSSR count). The first-order chi connectivity index (χ1) is 19.2. The SMILES string of the molecule is O=[N+]([O-])c1ccc(N2CCN(c3nc(N4CCOCC4)nc(N4CCOCC4)c3-c3ccccc3)CC2)cc1. The van der Waals surface area contributed by atoms with Crippen molar-refractivity contribution in [2.75, 3.05) is 98.4 Å². The lowest BCUT2D eigenvalue weighted by molar-refractivity contribution is -0.384. The van der Waals surface area contributed by atoms with E-state index in [4.69, 9.17) is 19.4 Å². The smallest absolute Gasteiger partial charge is 0.269 e. The Hall–Kier alpha value is -3.96. The summed E-state index contributed by atoms with van der Waals surface area (Å²) in [6, 6.07) is 17.2. The van der Waals surface area contributed by atoms with Gasteiger partial charge in [0, 0.05) is 70.2 Å². The van der Waals surface area contributed by atoms with Crippen LogP contribution in [-0.4, -0.2) is 93.7 Å². The molecule has 0 aliphatic carbocycles. The summed E-state index contributed by atoms with van der Waals surface area (Å²) in [5.74, 6) is 2.64. The molecule has 3 fully saturated rings. The van der Waals surface area contributed by atoms with Crippen molar-refractivity contribution in [3.63, 3.8) is 0 Å². The molecule has 0 saturated carbocycles. The summed E-state index contributed by atoms with van der Waals surface area (Å²) in [5.41, 5.74) is 3.25. The molecule has 0 spiro atoms. The number of hydrogen-bond acceptors (Lipinski definition) is 10. The molecule has 3 aliphatic rings. The summed E-state index contributed by atoms with van der Waals surface area (Å²) in [6.07, 6.45) is 0. The minimum absolute atomic E-state index is 0.108. The van der Waals surface area contributed by atoms with Gasteiger partial charge < -0.3 is 29.1 Å². The second-order valence-electron chi connectivity index (χ2n) is 9.86. The number of benzene rings is 2. The predicted molar refractivity (Wildman–Crippen MR) is 151 cm³/mol. The molecule has 2 aromatic carbocycles. The van der Waals surface area contributed by atoms with E-state index in [1.807, 2.05) is 18.2 Å². The zero-order valence-corrected chi connectivity index (χ0v) is 21.9. The topological polar surface area (TPSA) is 100 Å². The molecular formula is C28H33N7O4. The van der Waals surface area contributed by atoms with Crippen LogP contribution in [0.2, 0.25) is 0 Å². The van der Waals surface area contributed by atoms with Gasteiger partial charge in [-0.15, -0.1) is 0 Å². The van der Waals surface area contributed by atoms with Crippen molar-refractivity contribution < 1.29 is 14.4 Å². The van der Waals surface area contributed by atoms with Crippen molar-refractivity contribution >= 4 is 29.0 Å². The number of nitro benzene ring substituents is 1. The summed E-state index contributed by atoms with van der Waals surface area (Å²) in [6.45, 7) is 8.91. The molecule has 0 atom stereocenters. The number of non-ortho nitro benzene ring substituents is 1. The van der Waals surface area contributed by atoms with Gasteiger partial charge in [0.1, 0.15) is 11.6 Å². The maximum Gasteiger partial charge on any atom is 0.269 e. The van der Waals surface area contributed by atoms with E-state index in [9.17, 15) is 10.1 Å². The van der Waals surface area contributed by atoms with Crippen LogP contribution in [0, 0.1) is 10.1 Å². The molecule has 4 heterocycles. The van der Waals surface area contributed by atoms with E-state index in [2.05, 4.69) is 43.9 Å². The fraction of sp³-hybridized carbons (Fsp3) is 0.429. The van der Waals surface area contributed by atoms with E-state index in [0.29, 0.717) is 26.4 Å². The van der Waals surface area contributed by atoms with Gasteiger partial charge in [0.05, 0.1) is 36.9 Å². The van der Waals surface area contributed by atoms with E-state index >= 15 is 0 Å². The quantitative estimate of drug-likeness (QED) is 0.349. The largest absolute Gasteiger partial charge is 0.378 e. The average Bonchev–Trinajstić information content (AvgIpc) is 3.02. The number of piperazine rings is 1. The van der Waals surface area contributed by atoms with Crippen molar-refractivity contribution in [2.24, 2.45) is 0 Å².